The molecule has 1 aromatic heterocycles. The van der Waals surface area contributed by atoms with Gasteiger partial charge in [0.05, 0.1) is 6.10 Å². The molecule has 2 rings (SSSR count). The zero-order valence-corrected chi connectivity index (χ0v) is 11.3. The molecular weight excluding hydrogens is 232 g/mol. The maximum absolute atomic E-state index is 5.76. The average molecular weight is 252 g/mol. The van der Waals surface area contributed by atoms with Crippen molar-refractivity contribution in [3.63, 3.8) is 0 Å². The van der Waals surface area contributed by atoms with E-state index in [4.69, 9.17) is 4.74 Å². The largest absolute Gasteiger partial charge is 0.487 e. The van der Waals surface area contributed by atoms with Gasteiger partial charge in [-0.3, -0.25) is 0 Å². The third kappa shape index (κ3) is 3.80. The second kappa shape index (κ2) is 6.15. The molecule has 0 saturated carbocycles. The smallest absolute Gasteiger partial charge is 0.169 e. The Hall–Kier alpha value is -0.900. The van der Waals surface area contributed by atoms with Crippen LogP contribution in [0.1, 0.15) is 26.7 Å². The molecule has 3 nitrogen and oxygen atoms in total. The fraction of sp³-hybridized carbons (Fsp3) is 0.615. The first-order valence-electron chi connectivity index (χ1n) is 6.21. The van der Waals surface area contributed by atoms with E-state index in [2.05, 4.69) is 10.3 Å². The number of thioether (sulfide) groups is 1. The summed E-state index contributed by atoms with van der Waals surface area (Å²) in [7, 11) is 0. The quantitative estimate of drug-likeness (QED) is 0.892. The van der Waals surface area contributed by atoms with Crippen LogP contribution < -0.4 is 10.1 Å². The monoisotopic (exact) mass is 252 g/mol. The van der Waals surface area contributed by atoms with E-state index in [1.54, 1.807) is 0 Å². The Bertz CT molecular complexity index is 351. The molecule has 1 saturated heterocycles. The van der Waals surface area contributed by atoms with Gasteiger partial charge in [0.25, 0.3) is 0 Å². The Morgan fingerprint density at radius 3 is 3.12 bits per heavy atom. The predicted octanol–water partition coefficient (Wildman–Crippen LogP) is 3.18. The minimum absolute atomic E-state index is 0.181. The molecule has 1 fully saturated rings. The van der Waals surface area contributed by atoms with Crippen LogP contribution in [0.3, 0.4) is 0 Å². The first-order valence-corrected chi connectivity index (χ1v) is 7.37. The normalized spacial score (nSPS) is 20.3. The number of hydrogen-bond donors (Lipinski definition) is 1. The van der Waals surface area contributed by atoms with Crippen molar-refractivity contribution in [3.8, 4) is 5.75 Å². The lowest BCUT2D eigenvalue weighted by Crippen LogP contribution is -2.26. The maximum Gasteiger partial charge on any atom is 0.169 e. The van der Waals surface area contributed by atoms with Gasteiger partial charge < -0.3 is 10.1 Å². The zero-order chi connectivity index (χ0) is 12.1. The Balaban J connectivity index is 2.03. The van der Waals surface area contributed by atoms with Crippen molar-refractivity contribution in [2.45, 2.75) is 38.8 Å². The molecule has 2 heterocycles. The number of pyridine rings is 1. The first-order chi connectivity index (χ1) is 8.25. The number of anilines is 1. The highest BCUT2D eigenvalue weighted by Gasteiger charge is 2.16. The van der Waals surface area contributed by atoms with Gasteiger partial charge in [-0.25, -0.2) is 4.98 Å². The van der Waals surface area contributed by atoms with Gasteiger partial charge in [0, 0.05) is 18.0 Å². The first kappa shape index (κ1) is 12.6. The van der Waals surface area contributed by atoms with E-state index in [0.29, 0.717) is 6.04 Å². The molecule has 94 valence electrons. The van der Waals surface area contributed by atoms with Crippen molar-refractivity contribution < 1.29 is 4.74 Å². The molecular formula is C13H20N2OS. The molecule has 0 aromatic carbocycles. The van der Waals surface area contributed by atoms with Crippen LogP contribution >= 0.6 is 11.8 Å². The number of rotatable bonds is 4. The van der Waals surface area contributed by atoms with Crippen LogP contribution in [0.2, 0.25) is 0 Å². The van der Waals surface area contributed by atoms with Crippen LogP contribution in [0.4, 0.5) is 5.82 Å². The van der Waals surface area contributed by atoms with E-state index in [9.17, 15) is 0 Å². The Kier molecular flexibility index (Phi) is 4.54. The highest BCUT2D eigenvalue weighted by Crippen LogP contribution is 2.26. The van der Waals surface area contributed by atoms with Gasteiger partial charge in [0.15, 0.2) is 11.6 Å². The van der Waals surface area contributed by atoms with Gasteiger partial charge in [-0.05, 0) is 44.6 Å². The number of ether oxygens (including phenoxy) is 1. The molecule has 4 heteroatoms. The van der Waals surface area contributed by atoms with Crippen LogP contribution in [0.25, 0.3) is 0 Å². The van der Waals surface area contributed by atoms with Crippen LogP contribution in [-0.4, -0.2) is 28.6 Å². The van der Waals surface area contributed by atoms with E-state index >= 15 is 0 Å². The summed E-state index contributed by atoms with van der Waals surface area (Å²) < 4.78 is 5.76. The minimum atomic E-state index is 0.181. The summed E-state index contributed by atoms with van der Waals surface area (Å²) in [4.78, 5) is 4.38. The lowest BCUT2D eigenvalue weighted by Gasteiger charge is -2.24. The van der Waals surface area contributed by atoms with Crippen molar-refractivity contribution in [1.82, 2.24) is 4.98 Å². The summed E-state index contributed by atoms with van der Waals surface area (Å²) >= 11 is 2.01. The van der Waals surface area contributed by atoms with Gasteiger partial charge in [-0.2, -0.15) is 11.8 Å². The Morgan fingerprint density at radius 2 is 2.41 bits per heavy atom. The SMILES string of the molecule is CC(C)Oc1cccnc1NC1CCCSC1. The second-order valence-corrected chi connectivity index (χ2v) is 5.72. The lowest BCUT2D eigenvalue weighted by molar-refractivity contribution is 0.242. The fourth-order valence-electron chi connectivity index (χ4n) is 1.90. The van der Waals surface area contributed by atoms with Gasteiger partial charge >= 0.3 is 0 Å². The third-order valence-electron chi connectivity index (χ3n) is 2.63. The fourth-order valence-corrected chi connectivity index (χ4v) is 2.97. The van der Waals surface area contributed by atoms with Crippen LogP contribution in [0.5, 0.6) is 5.75 Å². The standard InChI is InChI=1S/C13H20N2OS/c1-10(2)16-12-6-3-7-14-13(12)15-11-5-4-8-17-9-11/h3,6-7,10-11H,4-5,8-9H2,1-2H3,(H,14,15). The topological polar surface area (TPSA) is 34.1 Å². The van der Waals surface area contributed by atoms with Crippen molar-refractivity contribution in [2.75, 3.05) is 16.8 Å². The highest BCUT2D eigenvalue weighted by atomic mass is 32.2. The molecule has 0 spiro atoms. The van der Waals surface area contributed by atoms with Crippen molar-refractivity contribution >= 4 is 17.6 Å². The Labute approximate surface area is 107 Å². The summed E-state index contributed by atoms with van der Waals surface area (Å²) in [5.41, 5.74) is 0. The molecule has 1 aromatic rings. The van der Waals surface area contributed by atoms with Gasteiger partial charge in [-0.1, -0.05) is 0 Å². The number of aromatic nitrogens is 1. The molecule has 1 unspecified atom stereocenters. The molecule has 0 radical (unpaired) electrons. The van der Waals surface area contributed by atoms with E-state index in [0.717, 1.165) is 17.3 Å². The van der Waals surface area contributed by atoms with Gasteiger partial charge in [-0.15, -0.1) is 0 Å². The third-order valence-corrected chi connectivity index (χ3v) is 3.85. The molecule has 0 amide bonds. The van der Waals surface area contributed by atoms with Crippen molar-refractivity contribution in [1.29, 1.82) is 0 Å². The molecule has 1 aliphatic heterocycles. The maximum atomic E-state index is 5.76. The molecule has 1 N–H and O–H groups in total. The second-order valence-electron chi connectivity index (χ2n) is 4.58. The van der Waals surface area contributed by atoms with E-state index < -0.39 is 0 Å². The molecule has 1 atom stereocenters. The number of nitrogens with zero attached hydrogens (tertiary/aromatic N) is 1. The predicted molar refractivity (Wildman–Crippen MR) is 74.0 cm³/mol. The summed E-state index contributed by atoms with van der Waals surface area (Å²) in [6.45, 7) is 4.07. The molecule has 17 heavy (non-hydrogen) atoms. The lowest BCUT2D eigenvalue weighted by atomic mass is 10.2. The minimum Gasteiger partial charge on any atom is -0.487 e. The number of hydrogen-bond acceptors (Lipinski definition) is 4. The zero-order valence-electron chi connectivity index (χ0n) is 10.5. The van der Waals surface area contributed by atoms with E-state index in [-0.39, 0.29) is 6.10 Å². The number of nitrogens with one attached hydrogen (secondary N) is 1. The Morgan fingerprint density at radius 1 is 1.53 bits per heavy atom. The van der Waals surface area contributed by atoms with Gasteiger partial charge in [0.1, 0.15) is 0 Å². The van der Waals surface area contributed by atoms with Crippen molar-refractivity contribution in [3.05, 3.63) is 18.3 Å². The molecule has 0 aliphatic carbocycles. The van der Waals surface area contributed by atoms with Crippen LogP contribution in [-0.2, 0) is 0 Å². The van der Waals surface area contributed by atoms with Crippen LogP contribution in [0.15, 0.2) is 18.3 Å². The van der Waals surface area contributed by atoms with Gasteiger partial charge in [0.2, 0.25) is 0 Å². The highest BCUT2D eigenvalue weighted by molar-refractivity contribution is 7.99. The molecule has 1 aliphatic rings. The van der Waals surface area contributed by atoms with Crippen molar-refractivity contribution in [2.24, 2.45) is 0 Å². The van der Waals surface area contributed by atoms with E-state index in [1.165, 1.54) is 18.6 Å². The molecule has 0 bridgehead atoms. The summed E-state index contributed by atoms with van der Waals surface area (Å²) in [5.74, 6) is 4.19. The average Bonchev–Trinajstić information content (AvgIpc) is 2.32. The summed E-state index contributed by atoms with van der Waals surface area (Å²) in [6.07, 6.45) is 4.51. The summed E-state index contributed by atoms with van der Waals surface area (Å²) in [5, 5.41) is 3.50. The van der Waals surface area contributed by atoms with Crippen LogP contribution in [0, 0.1) is 0 Å². The summed E-state index contributed by atoms with van der Waals surface area (Å²) in [6, 6.07) is 4.42. The van der Waals surface area contributed by atoms with E-state index in [1.807, 2.05) is 43.9 Å².